The SMILES string of the molecule is Cc1cc(C(=O)CCl)c(C)n1CC(C)C1CC1. The second-order valence-electron chi connectivity index (χ2n) is 5.27. The molecule has 1 aromatic heterocycles. The fourth-order valence-corrected chi connectivity index (χ4v) is 2.68. The number of carbonyl (C=O) groups excluding carboxylic acids is 1. The van der Waals surface area contributed by atoms with Crippen LogP contribution in [0.3, 0.4) is 0 Å². The van der Waals surface area contributed by atoms with Crippen molar-refractivity contribution < 1.29 is 4.79 Å². The Bertz CT molecular complexity index is 432. The van der Waals surface area contributed by atoms with E-state index in [9.17, 15) is 4.79 Å². The number of nitrogens with zero attached hydrogens (tertiary/aromatic N) is 1. The minimum atomic E-state index is 0.0325. The summed E-state index contributed by atoms with van der Waals surface area (Å²) in [5, 5.41) is 0. The van der Waals surface area contributed by atoms with Gasteiger partial charge in [-0.1, -0.05) is 6.92 Å². The van der Waals surface area contributed by atoms with Crippen LogP contribution < -0.4 is 0 Å². The van der Waals surface area contributed by atoms with E-state index >= 15 is 0 Å². The molecule has 1 aliphatic carbocycles. The molecule has 1 aromatic rings. The van der Waals surface area contributed by atoms with Gasteiger partial charge in [0.15, 0.2) is 5.78 Å². The molecule has 0 aliphatic heterocycles. The van der Waals surface area contributed by atoms with Gasteiger partial charge in [0, 0.05) is 23.5 Å². The van der Waals surface area contributed by atoms with Crippen molar-refractivity contribution >= 4 is 17.4 Å². The number of carbonyl (C=O) groups is 1. The highest BCUT2D eigenvalue weighted by Crippen LogP contribution is 2.37. The van der Waals surface area contributed by atoms with Crippen molar-refractivity contribution in [2.24, 2.45) is 11.8 Å². The van der Waals surface area contributed by atoms with Crippen molar-refractivity contribution in [3.63, 3.8) is 0 Å². The molecule has 0 N–H and O–H groups in total. The van der Waals surface area contributed by atoms with Gasteiger partial charge in [-0.25, -0.2) is 0 Å². The van der Waals surface area contributed by atoms with Gasteiger partial charge in [-0.3, -0.25) is 4.79 Å². The highest BCUT2D eigenvalue weighted by atomic mass is 35.5. The quantitative estimate of drug-likeness (QED) is 0.581. The summed E-state index contributed by atoms with van der Waals surface area (Å²) in [5.41, 5.74) is 3.03. The molecule has 0 spiro atoms. The number of alkyl halides is 1. The lowest BCUT2D eigenvalue weighted by Gasteiger charge is -2.15. The molecular weight excluding hydrogens is 234 g/mol. The zero-order chi connectivity index (χ0) is 12.6. The third-order valence-electron chi connectivity index (χ3n) is 3.89. The van der Waals surface area contributed by atoms with Crippen LogP contribution in [-0.2, 0) is 6.54 Å². The maximum Gasteiger partial charge on any atom is 0.179 e. The number of halogens is 1. The molecule has 0 bridgehead atoms. The van der Waals surface area contributed by atoms with Crippen LogP contribution in [0.15, 0.2) is 6.07 Å². The van der Waals surface area contributed by atoms with Gasteiger partial charge in [0.25, 0.3) is 0 Å². The van der Waals surface area contributed by atoms with Gasteiger partial charge in [0.1, 0.15) is 0 Å². The van der Waals surface area contributed by atoms with E-state index in [0.29, 0.717) is 5.92 Å². The molecule has 0 aromatic carbocycles. The molecule has 1 heterocycles. The van der Waals surface area contributed by atoms with Gasteiger partial charge in [0.05, 0.1) is 5.88 Å². The number of aryl methyl sites for hydroxylation is 1. The fraction of sp³-hybridized carbons (Fsp3) is 0.643. The normalized spacial score (nSPS) is 17.2. The summed E-state index contributed by atoms with van der Waals surface area (Å²) in [5.74, 6) is 1.70. The molecule has 0 amide bonds. The molecule has 1 unspecified atom stereocenters. The maximum atomic E-state index is 11.7. The van der Waals surface area contributed by atoms with E-state index in [0.717, 1.165) is 23.7 Å². The molecule has 0 radical (unpaired) electrons. The van der Waals surface area contributed by atoms with E-state index in [1.54, 1.807) is 0 Å². The first-order valence-corrected chi connectivity index (χ1v) is 6.84. The minimum Gasteiger partial charge on any atom is -0.348 e. The van der Waals surface area contributed by atoms with Crippen LogP contribution in [0.25, 0.3) is 0 Å². The Labute approximate surface area is 108 Å². The molecule has 1 fully saturated rings. The van der Waals surface area contributed by atoms with E-state index in [1.165, 1.54) is 18.5 Å². The summed E-state index contributed by atoms with van der Waals surface area (Å²) in [6.45, 7) is 7.42. The third-order valence-corrected chi connectivity index (χ3v) is 4.14. The number of aromatic nitrogens is 1. The zero-order valence-electron chi connectivity index (χ0n) is 10.8. The van der Waals surface area contributed by atoms with Crippen LogP contribution in [0.5, 0.6) is 0 Å². The smallest absolute Gasteiger partial charge is 0.179 e. The third kappa shape index (κ3) is 2.57. The first-order valence-electron chi connectivity index (χ1n) is 6.30. The number of hydrogen-bond acceptors (Lipinski definition) is 1. The maximum absolute atomic E-state index is 11.7. The Hall–Kier alpha value is -0.760. The standard InChI is InChI=1S/C14H20ClNO/c1-9(12-4-5-12)8-16-10(2)6-13(11(16)3)14(17)7-15/h6,9,12H,4-5,7-8H2,1-3H3. The van der Waals surface area contributed by atoms with Crippen molar-refractivity contribution in [3.05, 3.63) is 23.0 Å². The van der Waals surface area contributed by atoms with Crippen molar-refractivity contribution in [1.29, 1.82) is 0 Å². The first-order chi connectivity index (χ1) is 8.04. The molecule has 1 aliphatic rings. The molecule has 94 valence electrons. The van der Waals surface area contributed by atoms with Gasteiger partial charge in [0.2, 0.25) is 0 Å². The summed E-state index contributed by atoms with van der Waals surface area (Å²) in [4.78, 5) is 11.7. The Morgan fingerprint density at radius 1 is 1.53 bits per heavy atom. The van der Waals surface area contributed by atoms with E-state index in [1.807, 2.05) is 13.0 Å². The first kappa shape index (κ1) is 12.7. The topological polar surface area (TPSA) is 22.0 Å². The number of Topliss-reactive ketones (excluding diaryl/α,β-unsaturated/α-hetero) is 1. The van der Waals surface area contributed by atoms with Gasteiger partial charge in [-0.2, -0.15) is 0 Å². The lowest BCUT2D eigenvalue weighted by molar-refractivity contribution is 0.102. The number of hydrogen-bond donors (Lipinski definition) is 0. The summed E-state index contributed by atoms with van der Waals surface area (Å²) in [6, 6.07) is 1.97. The second-order valence-corrected chi connectivity index (χ2v) is 5.53. The molecule has 0 saturated heterocycles. The van der Waals surface area contributed by atoms with E-state index < -0.39 is 0 Å². The van der Waals surface area contributed by atoms with Crippen LogP contribution in [0.2, 0.25) is 0 Å². The summed E-state index contributed by atoms with van der Waals surface area (Å²) in [6.07, 6.45) is 2.74. The molecule has 1 atom stereocenters. The van der Waals surface area contributed by atoms with E-state index in [-0.39, 0.29) is 11.7 Å². The van der Waals surface area contributed by atoms with Crippen LogP contribution in [0.1, 0.15) is 41.5 Å². The van der Waals surface area contributed by atoms with Crippen LogP contribution in [0, 0.1) is 25.7 Å². The summed E-state index contributed by atoms with van der Waals surface area (Å²) >= 11 is 5.63. The Morgan fingerprint density at radius 2 is 2.18 bits per heavy atom. The van der Waals surface area contributed by atoms with Gasteiger partial charge < -0.3 is 4.57 Å². The lowest BCUT2D eigenvalue weighted by Crippen LogP contribution is -2.12. The fourth-order valence-electron chi connectivity index (χ4n) is 2.54. The van der Waals surface area contributed by atoms with Gasteiger partial charge in [-0.15, -0.1) is 11.6 Å². The van der Waals surface area contributed by atoms with Crippen molar-refractivity contribution in [2.45, 2.75) is 40.2 Å². The van der Waals surface area contributed by atoms with E-state index in [2.05, 4.69) is 18.4 Å². The molecule has 3 heteroatoms. The predicted molar refractivity (Wildman–Crippen MR) is 70.8 cm³/mol. The monoisotopic (exact) mass is 253 g/mol. The molecule has 2 rings (SSSR count). The van der Waals surface area contributed by atoms with Crippen molar-refractivity contribution in [3.8, 4) is 0 Å². The highest BCUT2D eigenvalue weighted by molar-refractivity contribution is 6.30. The molecule has 2 nitrogen and oxygen atoms in total. The average molecular weight is 254 g/mol. The van der Waals surface area contributed by atoms with Gasteiger partial charge in [-0.05, 0) is 44.6 Å². The van der Waals surface area contributed by atoms with Crippen LogP contribution in [-0.4, -0.2) is 16.2 Å². The van der Waals surface area contributed by atoms with E-state index in [4.69, 9.17) is 11.6 Å². The van der Waals surface area contributed by atoms with Crippen LogP contribution >= 0.6 is 11.6 Å². The lowest BCUT2D eigenvalue weighted by atomic mass is 10.1. The predicted octanol–water partition coefficient (Wildman–Crippen LogP) is 3.57. The summed E-state index contributed by atoms with van der Waals surface area (Å²) in [7, 11) is 0. The molecule has 1 saturated carbocycles. The second kappa shape index (κ2) is 4.85. The largest absolute Gasteiger partial charge is 0.348 e. The average Bonchev–Trinajstić information content (AvgIpc) is 3.11. The Morgan fingerprint density at radius 3 is 2.71 bits per heavy atom. The Kier molecular flexibility index (Phi) is 3.62. The highest BCUT2D eigenvalue weighted by Gasteiger charge is 2.28. The minimum absolute atomic E-state index is 0.0325. The number of ketones is 1. The van der Waals surface area contributed by atoms with Crippen LogP contribution in [0.4, 0.5) is 0 Å². The zero-order valence-corrected chi connectivity index (χ0v) is 11.5. The van der Waals surface area contributed by atoms with Gasteiger partial charge >= 0.3 is 0 Å². The van der Waals surface area contributed by atoms with Crippen molar-refractivity contribution in [2.75, 3.05) is 5.88 Å². The molecule has 17 heavy (non-hydrogen) atoms. The van der Waals surface area contributed by atoms with Crippen molar-refractivity contribution in [1.82, 2.24) is 4.57 Å². The Balaban J connectivity index is 2.21. The molecular formula is C14H20ClNO. The summed E-state index contributed by atoms with van der Waals surface area (Å²) < 4.78 is 2.27. The number of rotatable bonds is 5.